The summed E-state index contributed by atoms with van der Waals surface area (Å²) in [6.07, 6.45) is -3.71. The summed E-state index contributed by atoms with van der Waals surface area (Å²) < 4.78 is 37.4. The third-order valence-corrected chi connectivity index (χ3v) is 3.24. The molecule has 1 aliphatic rings. The fraction of sp³-hybridized carbons (Fsp3) is 0.692. The predicted molar refractivity (Wildman–Crippen MR) is 69.7 cm³/mol. The van der Waals surface area contributed by atoms with E-state index in [2.05, 4.69) is 5.32 Å². The van der Waals surface area contributed by atoms with Gasteiger partial charge in [0.2, 0.25) is 0 Å². The van der Waals surface area contributed by atoms with Gasteiger partial charge in [0.05, 0.1) is 0 Å². The van der Waals surface area contributed by atoms with Gasteiger partial charge in [-0.25, -0.2) is 9.59 Å². The van der Waals surface area contributed by atoms with E-state index >= 15 is 0 Å². The van der Waals surface area contributed by atoms with Gasteiger partial charge in [0.1, 0.15) is 6.04 Å². The molecule has 1 aliphatic heterocycles. The molecule has 0 spiro atoms. The van der Waals surface area contributed by atoms with E-state index in [0.29, 0.717) is 0 Å². The number of rotatable bonds is 2. The number of hydrogen-bond acceptors (Lipinski definition) is 2. The lowest BCUT2D eigenvalue weighted by molar-refractivity contribution is -0.142. The van der Waals surface area contributed by atoms with E-state index in [9.17, 15) is 22.8 Å². The molecule has 1 heterocycles. The summed E-state index contributed by atoms with van der Waals surface area (Å²) in [6, 6.07) is -1.78. The lowest BCUT2D eigenvalue weighted by atomic mass is 9.87. The number of carboxylic acids is 1. The van der Waals surface area contributed by atoms with Crippen LogP contribution >= 0.6 is 0 Å². The summed E-state index contributed by atoms with van der Waals surface area (Å²) >= 11 is 0. The zero-order valence-corrected chi connectivity index (χ0v) is 12.1. The summed E-state index contributed by atoms with van der Waals surface area (Å²) in [5.41, 5.74) is -1.36. The van der Waals surface area contributed by atoms with Gasteiger partial charge < -0.3 is 15.3 Å². The molecule has 8 heteroatoms. The smallest absolute Gasteiger partial charge is 0.412 e. The van der Waals surface area contributed by atoms with Crippen molar-refractivity contribution in [3.63, 3.8) is 0 Å². The van der Waals surface area contributed by atoms with E-state index in [1.165, 1.54) is 0 Å². The number of urea groups is 1. The Hall–Kier alpha value is -1.73. The fourth-order valence-electron chi connectivity index (χ4n) is 1.97. The van der Waals surface area contributed by atoms with Crippen LogP contribution in [0.4, 0.5) is 18.0 Å². The Labute approximate surface area is 120 Å². The minimum atomic E-state index is -4.38. The first-order valence-corrected chi connectivity index (χ1v) is 6.47. The average molecular weight is 308 g/mol. The van der Waals surface area contributed by atoms with Crippen molar-refractivity contribution in [2.75, 3.05) is 13.1 Å². The van der Waals surface area contributed by atoms with Crippen LogP contribution in [0.1, 0.15) is 27.2 Å². The Morgan fingerprint density at radius 1 is 1.33 bits per heavy atom. The van der Waals surface area contributed by atoms with E-state index in [1.54, 1.807) is 20.8 Å². The van der Waals surface area contributed by atoms with Gasteiger partial charge in [0, 0.05) is 18.7 Å². The highest BCUT2D eigenvalue weighted by molar-refractivity contribution is 5.83. The number of aliphatic carboxylic acids is 1. The standard InChI is InChI=1S/C13H19F3N2O3/c1-12(2,3)9(10(19)20)17-11(21)18-6-4-8(5-7-18)13(14,15)16/h4,9H,5-7H2,1-3H3,(H,17,21)(H,19,20)/t9-/m1/s1. The van der Waals surface area contributed by atoms with Crippen molar-refractivity contribution in [1.82, 2.24) is 10.2 Å². The fourth-order valence-corrected chi connectivity index (χ4v) is 1.97. The monoisotopic (exact) mass is 308 g/mol. The molecule has 0 aromatic heterocycles. The van der Waals surface area contributed by atoms with Gasteiger partial charge in [-0.15, -0.1) is 0 Å². The van der Waals surface area contributed by atoms with Gasteiger partial charge >= 0.3 is 18.2 Å². The number of carbonyl (C=O) groups is 2. The quantitative estimate of drug-likeness (QED) is 0.770. The molecule has 0 saturated carbocycles. The van der Waals surface area contributed by atoms with Gasteiger partial charge in [-0.3, -0.25) is 0 Å². The van der Waals surface area contributed by atoms with Crippen LogP contribution in [0.2, 0.25) is 0 Å². The zero-order valence-electron chi connectivity index (χ0n) is 12.1. The first-order valence-electron chi connectivity index (χ1n) is 6.47. The van der Waals surface area contributed by atoms with Crippen LogP contribution in [0, 0.1) is 5.41 Å². The molecule has 0 saturated heterocycles. The molecule has 21 heavy (non-hydrogen) atoms. The summed E-state index contributed by atoms with van der Waals surface area (Å²) in [5.74, 6) is -1.18. The second-order valence-electron chi connectivity index (χ2n) is 6.01. The highest BCUT2D eigenvalue weighted by atomic mass is 19.4. The summed E-state index contributed by atoms with van der Waals surface area (Å²) in [5, 5.41) is 11.5. The number of nitrogens with zero attached hydrogens (tertiary/aromatic N) is 1. The van der Waals surface area contributed by atoms with E-state index in [1.807, 2.05) is 0 Å². The van der Waals surface area contributed by atoms with Crippen LogP contribution in [0.3, 0.4) is 0 Å². The van der Waals surface area contributed by atoms with Crippen molar-refractivity contribution in [3.05, 3.63) is 11.6 Å². The molecule has 0 aromatic carbocycles. The summed E-state index contributed by atoms with van der Waals surface area (Å²) in [4.78, 5) is 24.3. The number of alkyl halides is 3. The second-order valence-corrected chi connectivity index (χ2v) is 6.01. The Balaban J connectivity index is 2.70. The molecular weight excluding hydrogens is 289 g/mol. The van der Waals surface area contributed by atoms with Crippen LogP contribution in [-0.2, 0) is 4.79 Å². The van der Waals surface area contributed by atoms with Crippen molar-refractivity contribution in [3.8, 4) is 0 Å². The normalized spacial score (nSPS) is 18.0. The lowest BCUT2D eigenvalue weighted by Crippen LogP contribution is -2.54. The first-order chi connectivity index (χ1) is 9.43. The third kappa shape index (κ3) is 4.64. The number of amides is 2. The van der Waals surface area contributed by atoms with Gasteiger partial charge in [0.15, 0.2) is 0 Å². The highest BCUT2D eigenvalue weighted by Gasteiger charge is 2.37. The SMILES string of the molecule is CC(C)(C)[C@H](NC(=O)N1CC=C(C(F)(F)F)CC1)C(=O)O. The molecule has 2 amide bonds. The first kappa shape index (κ1) is 17.3. The number of halogens is 3. The second kappa shape index (κ2) is 5.95. The maximum atomic E-state index is 12.5. The van der Waals surface area contributed by atoms with Crippen LogP contribution in [0.5, 0.6) is 0 Å². The predicted octanol–water partition coefficient (Wildman–Crippen LogP) is 2.39. The molecule has 5 nitrogen and oxygen atoms in total. The van der Waals surface area contributed by atoms with Crippen molar-refractivity contribution >= 4 is 12.0 Å². The average Bonchev–Trinajstić information content (AvgIpc) is 2.33. The van der Waals surface area contributed by atoms with Crippen molar-refractivity contribution < 1.29 is 27.9 Å². The van der Waals surface area contributed by atoms with Crippen LogP contribution in [0.15, 0.2) is 11.6 Å². The maximum absolute atomic E-state index is 12.5. The zero-order chi connectivity index (χ0) is 16.4. The van der Waals surface area contributed by atoms with E-state index in [0.717, 1.165) is 11.0 Å². The molecule has 0 radical (unpaired) electrons. The van der Waals surface area contributed by atoms with Crippen molar-refractivity contribution in [2.45, 2.75) is 39.4 Å². The number of carboxylic acid groups (broad SMARTS) is 1. The molecule has 1 atom stereocenters. The molecule has 0 bridgehead atoms. The van der Waals surface area contributed by atoms with Gasteiger partial charge in [-0.1, -0.05) is 26.8 Å². The minimum absolute atomic E-state index is 0.0896. The molecule has 0 unspecified atom stereocenters. The largest absolute Gasteiger partial charge is 0.480 e. The van der Waals surface area contributed by atoms with Gasteiger partial charge in [-0.2, -0.15) is 13.2 Å². The van der Waals surface area contributed by atoms with Crippen LogP contribution in [-0.4, -0.2) is 47.3 Å². The summed E-state index contributed by atoms with van der Waals surface area (Å²) in [6.45, 7) is 4.70. The van der Waals surface area contributed by atoms with Crippen LogP contribution in [0.25, 0.3) is 0 Å². The highest BCUT2D eigenvalue weighted by Crippen LogP contribution is 2.30. The van der Waals surface area contributed by atoms with E-state index in [-0.39, 0.29) is 19.5 Å². The molecule has 1 rings (SSSR count). The van der Waals surface area contributed by atoms with E-state index < -0.39 is 35.2 Å². The molecule has 120 valence electrons. The van der Waals surface area contributed by atoms with E-state index in [4.69, 9.17) is 5.11 Å². The Kier molecular flexibility index (Phi) is 4.91. The van der Waals surface area contributed by atoms with Crippen LogP contribution < -0.4 is 5.32 Å². The Morgan fingerprint density at radius 2 is 1.90 bits per heavy atom. The molecule has 0 aliphatic carbocycles. The van der Waals surface area contributed by atoms with Gasteiger partial charge in [-0.05, 0) is 11.8 Å². The van der Waals surface area contributed by atoms with Crippen molar-refractivity contribution in [1.29, 1.82) is 0 Å². The van der Waals surface area contributed by atoms with Gasteiger partial charge in [0.25, 0.3) is 0 Å². The number of hydrogen-bond donors (Lipinski definition) is 2. The summed E-state index contributed by atoms with van der Waals surface area (Å²) in [7, 11) is 0. The topological polar surface area (TPSA) is 69.6 Å². The number of carbonyl (C=O) groups excluding carboxylic acids is 1. The number of nitrogens with one attached hydrogen (secondary N) is 1. The Morgan fingerprint density at radius 3 is 2.24 bits per heavy atom. The third-order valence-electron chi connectivity index (χ3n) is 3.24. The molecule has 0 aromatic rings. The maximum Gasteiger partial charge on any atom is 0.412 e. The minimum Gasteiger partial charge on any atom is -0.480 e. The Bertz CT molecular complexity index is 453. The molecular formula is C13H19F3N2O3. The van der Waals surface area contributed by atoms with Crippen molar-refractivity contribution in [2.24, 2.45) is 5.41 Å². The molecule has 2 N–H and O–H groups in total. The molecule has 0 fully saturated rings. The lowest BCUT2D eigenvalue weighted by Gasteiger charge is -2.32.